The predicted molar refractivity (Wildman–Crippen MR) is 122 cm³/mol. The van der Waals surface area contributed by atoms with Gasteiger partial charge in [-0.2, -0.15) is 0 Å². The number of aliphatic hydroxyl groups excluding tert-OH is 1. The van der Waals surface area contributed by atoms with E-state index in [2.05, 4.69) is 29.7 Å². The quantitative estimate of drug-likeness (QED) is 0.112. The van der Waals surface area contributed by atoms with Gasteiger partial charge in [0.2, 0.25) is 5.91 Å². The molecule has 5 nitrogen and oxygen atoms in total. The molecular weight excluding hydrogens is 400 g/mol. The molecule has 5 N–H and O–H groups in total. The fourth-order valence-electron chi connectivity index (χ4n) is 3.33. The summed E-state index contributed by atoms with van der Waals surface area (Å²) in [5, 5.41) is 22.5. The van der Waals surface area contributed by atoms with Crippen molar-refractivity contribution in [3.05, 3.63) is 12.2 Å². The van der Waals surface area contributed by atoms with Crippen LogP contribution in [0.1, 0.15) is 110 Å². The molecule has 0 atom stereocenters. The van der Waals surface area contributed by atoms with Crippen LogP contribution in [-0.2, 0) is 4.79 Å². The van der Waals surface area contributed by atoms with E-state index in [-0.39, 0.29) is 18.3 Å². The summed E-state index contributed by atoms with van der Waals surface area (Å²) < 4.78 is 0. The lowest BCUT2D eigenvalue weighted by atomic mass is 10.1. The molecule has 0 saturated heterocycles. The topological polar surface area (TPSA) is 86.2 Å². The summed E-state index contributed by atoms with van der Waals surface area (Å²) in [6.07, 6.45) is 22.0. The van der Waals surface area contributed by atoms with Crippen LogP contribution in [0.3, 0.4) is 0 Å². The van der Waals surface area contributed by atoms with Gasteiger partial charge in [0.1, 0.15) is 0 Å². The van der Waals surface area contributed by atoms with Crippen LogP contribution in [0.25, 0.3) is 0 Å². The Morgan fingerprint density at radius 2 is 1.40 bits per heavy atom. The smallest absolute Gasteiger partial charge is 0.219 e. The molecule has 0 heterocycles. The number of aliphatic hydroxyl groups is 2. The van der Waals surface area contributed by atoms with E-state index in [0.29, 0.717) is 25.9 Å². The Labute approximate surface area is 191 Å². The Hall–Kier alpha value is -0.620. The molecule has 6 heteroatoms. The fraction of sp³-hybridized carbons (Fsp3) is 0.875. The van der Waals surface area contributed by atoms with Gasteiger partial charge in [-0.3, -0.25) is 4.79 Å². The number of unbranched alkanes of at least 4 members (excludes halogenated alkanes) is 11. The molecule has 0 fully saturated rings. The SMILES string of the molecule is CCCCCCCC/C=C\CCCCCCCC(=O)NCCC[NH2+]CCC(O)O.[Cl-]. The maximum atomic E-state index is 11.8. The summed E-state index contributed by atoms with van der Waals surface area (Å²) in [6.45, 7) is 4.59. The summed E-state index contributed by atoms with van der Waals surface area (Å²) in [6, 6.07) is 0. The van der Waals surface area contributed by atoms with Gasteiger partial charge in [0.25, 0.3) is 0 Å². The summed E-state index contributed by atoms with van der Waals surface area (Å²) in [4.78, 5) is 11.8. The maximum absolute atomic E-state index is 11.8. The standard InChI is InChI=1S/C24H48N2O3.ClH/c1-2-3-4-5-6-7-8-9-10-11-12-13-14-15-16-18-23(27)26-21-17-20-25-22-19-24(28)29;/h9-10,24-25,28-29H,2-8,11-22H2,1H3,(H,26,27);1H/b10-9-;. The zero-order chi connectivity index (χ0) is 21.4. The van der Waals surface area contributed by atoms with Crippen molar-refractivity contribution in [1.82, 2.24) is 5.32 Å². The normalized spacial score (nSPS) is 11.2. The van der Waals surface area contributed by atoms with Crippen molar-refractivity contribution in [1.29, 1.82) is 0 Å². The van der Waals surface area contributed by atoms with E-state index >= 15 is 0 Å². The van der Waals surface area contributed by atoms with E-state index in [0.717, 1.165) is 25.8 Å². The van der Waals surface area contributed by atoms with E-state index in [1.807, 2.05) is 0 Å². The maximum Gasteiger partial charge on any atom is 0.219 e. The molecule has 0 radical (unpaired) electrons. The molecule has 180 valence electrons. The van der Waals surface area contributed by atoms with Gasteiger partial charge in [-0.15, -0.1) is 0 Å². The number of nitrogens with one attached hydrogen (secondary N) is 1. The average molecular weight is 449 g/mol. The minimum atomic E-state index is -1.21. The first-order valence-corrected chi connectivity index (χ1v) is 12.3. The molecular formula is C24H49ClN2O3. The molecule has 0 aliphatic heterocycles. The number of carbonyl (C=O) groups excluding carboxylic acids is 1. The number of rotatable bonds is 22. The summed E-state index contributed by atoms with van der Waals surface area (Å²) >= 11 is 0. The molecule has 0 aromatic heterocycles. The zero-order valence-electron chi connectivity index (χ0n) is 19.4. The van der Waals surface area contributed by atoms with Crippen molar-refractivity contribution in [2.45, 2.75) is 116 Å². The molecule has 0 aromatic carbocycles. The third kappa shape index (κ3) is 27.4. The van der Waals surface area contributed by atoms with Crippen molar-refractivity contribution in [2.75, 3.05) is 19.6 Å². The second kappa shape index (κ2) is 26.4. The van der Waals surface area contributed by atoms with Crippen LogP contribution in [0.5, 0.6) is 0 Å². The van der Waals surface area contributed by atoms with E-state index in [1.165, 1.54) is 70.6 Å². The zero-order valence-corrected chi connectivity index (χ0v) is 20.2. The lowest BCUT2D eigenvalue weighted by Crippen LogP contribution is -3.00. The van der Waals surface area contributed by atoms with Gasteiger partial charge in [-0.25, -0.2) is 0 Å². The molecule has 0 bridgehead atoms. The Bertz CT molecular complexity index is 379. The van der Waals surface area contributed by atoms with Crippen LogP contribution in [-0.4, -0.2) is 42.0 Å². The molecule has 0 aromatic rings. The molecule has 0 unspecified atom stereocenters. The second-order valence-corrected chi connectivity index (χ2v) is 8.17. The highest BCUT2D eigenvalue weighted by Gasteiger charge is 2.02. The Kier molecular flexibility index (Phi) is 27.8. The highest BCUT2D eigenvalue weighted by molar-refractivity contribution is 5.75. The van der Waals surface area contributed by atoms with Crippen LogP contribution in [0, 0.1) is 0 Å². The lowest BCUT2D eigenvalue weighted by Gasteiger charge is -2.06. The highest BCUT2D eigenvalue weighted by atomic mass is 35.5. The van der Waals surface area contributed by atoms with Gasteiger partial charge in [0.15, 0.2) is 6.29 Å². The van der Waals surface area contributed by atoms with E-state index in [9.17, 15) is 4.79 Å². The van der Waals surface area contributed by atoms with Crippen LogP contribution in [0.2, 0.25) is 0 Å². The van der Waals surface area contributed by atoms with Gasteiger partial charge in [-0.1, -0.05) is 70.4 Å². The molecule has 0 aliphatic rings. The van der Waals surface area contributed by atoms with E-state index in [4.69, 9.17) is 10.2 Å². The third-order valence-corrected chi connectivity index (χ3v) is 5.20. The first-order valence-electron chi connectivity index (χ1n) is 12.3. The third-order valence-electron chi connectivity index (χ3n) is 5.20. The number of quaternary nitrogens is 1. The Morgan fingerprint density at radius 1 is 0.833 bits per heavy atom. The van der Waals surface area contributed by atoms with Gasteiger partial charge in [-0.05, 0) is 32.1 Å². The molecule has 30 heavy (non-hydrogen) atoms. The number of nitrogens with two attached hydrogens (primary N) is 1. The van der Waals surface area contributed by atoms with Crippen molar-refractivity contribution in [3.8, 4) is 0 Å². The van der Waals surface area contributed by atoms with Crippen molar-refractivity contribution in [3.63, 3.8) is 0 Å². The first-order chi connectivity index (χ1) is 14.2. The van der Waals surface area contributed by atoms with Crippen molar-refractivity contribution < 1.29 is 32.7 Å². The molecule has 0 rings (SSSR count). The summed E-state index contributed by atoms with van der Waals surface area (Å²) in [5.41, 5.74) is 0. The first kappa shape index (κ1) is 31.6. The molecule has 1 amide bonds. The van der Waals surface area contributed by atoms with Crippen LogP contribution in [0.15, 0.2) is 12.2 Å². The molecule has 0 aliphatic carbocycles. The number of hydrogen-bond donors (Lipinski definition) is 4. The monoisotopic (exact) mass is 448 g/mol. The number of carbonyl (C=O) groups is 1. The average Bonchev–Trinajstić information content (AvgIpc) is 2.70. The lowest BCUT2D eigenvalue weighted by molar-refractivity contribution is -0.656. The fourth-order valence-corrected chi connectivity index (χ4v) is 3.33. The van der Waals surface area contributed by atoms with Gasteiger partial charge in [0, 0.05) is 25.8 Å². The summed E-state index contributed by atoms with van der Waals surface area (Å²) in [7, 11) is 0. The van der Waals surface area contributed by atoms with Crippen LogP contribution < -0.4 is 23.0 Å². The van der Waals surface area contributed by atoms with Gasteiger partial charge in [0.05, 0.1) is 13.1 Å². The van der Waals surface area contributed by atoms with Crippen molar-refractivity contribution in [2.24, 2.45) is 0 Å². The predicted octanol–water partition coefficient (Wildman–Crippen LogP) is 0.798. The minimum Gasteiger partial charge on any atom is -1.00 e. The second-order valence-electron chi connectivity index (χ2n) is 8.17. The minimum absolute atomic E-state index is 0. The largest absolute Gasteiger partial charge is 1.00 e. The highest BCUT2D eigenvalue weighted by Crippen LogP contribution is 2.09. The number of allylic oxidation sites excluding steroid dienone is 2. The van der Waals surface area contributed by atoms with Crippen LogP contribution >= 0.6 is 0 Å². The van der Waals surface area contributed by atoms with Gasteiger partial charge >= 0.3 is 0 Å². The Balaban J connectivity index is 0. The van der Waals surface area contributed by atoms with Gasteiger partial charge < -0.3 is 33.3 Å². The molecule has 0 saturated carbocycles. The Morgan fingerprint density at radius 3 is 2.00 bits per heavy atom. The van der Waals surface area contributed by atoms with Crippen LogP contribution in [0.4, 0.5) is 0 Å². The number of hydrogen-bond acceptors (Lipinski definition) is 3. The van der Waals surface area contributed by atoms with E-state index in [1.54, 1.807) is 0 Å². The van der Waals surface area contributed by atoms with Crippen molar-refractivity contribution >= 4 is 5.91 Å². The summed E-state index contributed by atoms with van der Waals surface area (Å²) in [5.74, 6) is 0.161. The number of halogens is 1. The molecule has 0 spiro atoms. The number of amides is 1. The van der Waals surface area contributed by atoms with E-state index < -0.39 is 6.29 Å².